The minimum absolute atomic E-state index is 0.0850. The molecule has 3 nitrogen and oxygen atoms in total. The van der Waals surface area contributed by atoms with Gasteiger partial charge in [0.1, 0.15) is 5.76 Å². The van der Waals surface area contributed by atoms with Gasteiger partial charge >= 0.3 is 0 Å². The van der Waals surface area contributed by atoms with E-state index < -0.39 is 0 Å². The van der Waals surface area contributed by atoms with Gasteiger partial charge < -0.3 is 9.40 Å². The molecule has 0 spiro atoms. The fourth-order valence-electron chi connectivity index (χ4n) is 2.12. The highest BCUT2D eigenvalue weighted by molar-refractivity contribution is 6.15. The Morgan fingerprint density at radius 3 is 2.72 bits per heavy atom. The molecule has 0 bridgehead atoms. The number of carbonyl (C=O) groups excluding carboxylic acids is 1. The quantitative estimate of drug-likeness (QED) is 0.694. The van der Waals surface area contributed by atoms with E-state index in [0.29, 0.717) is 11.3 Å². The summed E-state index contributed by atoms with van der Waals surface area (Å²) < 4.78 is 5.38. The first kappa shape index (κ1) is 10.8. The normalized spacial score (nSPS) is 11.0. The van der Waals surface area contributed by atoms with Crippen molar-refractivity contribution in [2.24, 2.45) is 0 Å². The Labute approximate surface area is 104 Å². The van der Waals surface area contributed by atoms with Crippen molar-refractivity contribution in [1.29, 1.82) is 0 Å². The Hall–Kier alpha value is -2.29. The molecule has 0 saturated heterocycles. The number of hydrogen-bond donors (Lipinski definition) is 1. The number of furan rings is 1. The zero-order valence-electron chi connectivity index (χ0n) is 10.3. The van der Waals surface area contributed by atoms with E-state index in [1.165, 1.54) is 0 Å². The fraction of sp³-hybridized carbons (Fsp3) is 0.133. The summed E-state index contributed by atoms with van der Waals surface area (Å²) in [5, 5.41) is 0.930. The number of rotatable bonds is 2. The summed E-state index contributed by atoms with van der Waals surface area (Å²) >= 11 is 0. The number of aromatic nitrogens is 1. The third kappa shape index (κ3) is 1.64. The highest BCUT2D eigenvalue weighted by Gasteiger charge is 2.16. The monoisotopic (exact) mass is 239 g/mol. The minimum atomic E-state index is -0.0850. The molecule has 0 atom stereocenters. The van der Waals surface area contributed by atoms with Gasteiger partial charge in [-0.3, -0.25) is 4.79 Å². The molecule has 0 saturated carbocycles. The van der Waals surface area contributed by atoms with Crippen LogP contribution in [0.4, 0.5) is 0 Å². The summed E-state index contributed by atoms with van der Waals surface area (Å²) in [6.07, 6.45) is 1.74. The lowest BCUT2D eigenvalue weighted by Gasteiger charge is -1.97. The molecule has 90 valence electrons. The molecule has 0 unspecified atom stereocenters. The van der Waals surface area contributed by atoms with Crippen LogP contribution in [0.3, 0.4) is 0 Å². The largest absolute Gasteiger partial charge is 0.458 e. The van der Waals surface area contributed by atoms with Crippen LogP contribution in [-0.2, 0) is 0 Å². The molecule has 3 aromatic rings. The number of aromatic amines is 1. The Bertz CT molecular complexity index is 734. The first-order chi connectivity index (χ1) is 8.65. The molecule has 0 fully saturated rings. The molecule has 1 N–H and O–H groups in total. The number of benzene rings is 1. The lowest BCUT2D eigenvalue weighted by molar-refractivity contribution is 0.101. The second-order valence-corrected chi connectivity index (χ2v) is 4.49. The van der Waals surface area contributed by atoms with Crippen LogP contribution in [0.1, 0.15) is 27.4 Å². The fourth-order valence-corrected chi connectivity index (χ4v) is 2.12. The van der Waals surface area contributed by atoms with Crippen molar-refractivity contribution in [3.05, 3.63) is 59.2 Å². The van der Waals surface area contributed by atoms with Crippen LogP contribution in [-0.4, -0.2) is 10.8 Å². The summed E-state index contributed by atoms with van der Waals surface area (Å²) in [5.74, 6) is 1.04. The number of hydrogen-bond acceptors (Lipinski definition) is 2. The van der Waals surface area contributed by atoms with E-state index in [1.807, 2.05) is 32.0 Å². The van der Waals surface area contributed by atoms with E-state index >= 15 is 0 Å². The minimum Gasteiger partial charge on any atom is -0.458 e. The number of ketones is 1. The van der Waals surface area contributed by atoms with Crippen molar-refractivity contribution in [2.75, 3.05) is 0 Å². The van der Waals surface area contributed by atoms with E-state index in [2.05, 4.69) is 4.98 Å². The van der Waals surface area contributed by atoms with Crippen molar-refractivity contribution in [3.63, 3.8) is 0 Å². The van der Waals surface area contributed by atoms with Crippen LogP contribution < -0.4 is 0 Å². The lowest BCUT2D eigenvalue weighted by atomic mass is 10.1. The van der Waals surface area contributed by atoms with Crippen LogP contribution in [0, 0.1) is 13.8 Å². The molecule has 0 aliphatic carbocycles. The van der Waals surface area contributed by atoms with Crippen LogP contribution >= 0.6 is 0 Å². The predicted molar refractivity (Wildman–Crippen MR) is 69.9 cm³/mol. The third-order valence-electron chi connectivity index (χ3n) is 3.05. The predicted octanol–water partition coefficient (Wildman–Crippen LogP) is 3.61. The van der Waals surface area contributed by atoms with Crippen molar-refractivity contribution >= 4 is 16.7 Å². The molecule has 3 heteroatoms. The topological polar surface area (TPSA) is 46.0 Å². The van der Waals surface area contributed by atoms with Crippen molar-refractivity contribution < 1.29 is 9.21 Å². The molecule has 0 amide bonds. The summed E-state index contributed by atoms with van der Waals surface area (Å²) in [4.78, 5) is 15.4. The molecule has 0 radical (unpaired) electrons. The molecule has 1 aromatic carbocycles. The maximum Gasteiger partial charge on any atom is 0.230 e. The van der Waals surface area contributed by atoms with Crippen molar-refractivity contribution in [3.8, 4) is 0 Å². The van der Waals surface area contributed by atoms with Crippen LogP contribution in [0.2, 0.25) is 0 Å². The molecule has 3 rings (SSSR count). The van der Waals surface area contributed by atoms with Gasteiger partial charge in [0.2, 0.25) is 5.78 Å². The van der Waals surface area contributed by atoms with Crippen molar-refractivity contribution in [1.82, 2.24) is 4.98 Å². The SMILES string of the molecule is Cc1ccc2c(C(=O)c3ccc(C)o3)c[nH]c2c1. The molecule has 0 aliphatic rings. The van der Waals surface area contributed by atoms with Gasteiger partial charge in [-0.1, -0.05) is 12.1 Å². The number of H-pyrrole nitrogens is 1. The molecule has 2 aromatic heterocycles. The second-order valence-electron chi connectivity index (χ2n) is 4.49. The average Bonchev–Trinajstić information content (AvgIpc) is 2.94. The second kappa shape index (κ2) is 3.88. The van der Waals surface area contributed by atoms with Gasteiger partial charge in [0.25, 0.3) is 0 Å². The van der Waals surface area contributed by atoms with E-state index in [4.69, 9.17) is 4.42 Å². The van der Waals surface area contributed by atoms with Crippen LogP contribution in [0.15, 0.2) is 40.9 Å². The maximum absolute atomic E-state index is 12.3. The van der Waals surface area contributed by atoms with Gasteiger partial charge in [0.05, 0.1) is 5.56 Å². The zero-order chi connectivity index (χ0) is 12.7. The number of aryl methyl sites for hydroxylation is 2. The summed E-state index contributed by atoms with van der Waals surface area (Å²) in [5.41, 5.74) is 2.79. The van der Waals surface area contributed by atoms with E-state index in [-0.39, 0.29) is 5.78 Å². The highest BCUT2D eigenvalue weighted by atomic mass is 16.3. The highest BCUT2D eigenvalue weighted by Crippen LogP contribution is 2.22. The molecule has 2 heterocycles. The first-order valence-corrected chi connectivity index (χ1v) is 5.84. The lowest BCUT2D eigenvalue weighted by Crippen LogP contribution is -1.98. The number of fused-ring (bicyclic) bond motifs is 1. The van der Waals surface area contributed by atoms with E-state index in [9.17, 15) is 4.79 Å². The van der Waals surface area contributed by atoms with Gasteiger partial charge in [-0.2, -0.15) is 0 Å². The van der Waals surface area contributed by atoms with Crippen LogP contribution in [0.5, 0.6) is 0 Å². The third-order valence-corrected chi connectivity index (χ3v) is 3.05. The average molecular weight is 239 g/mol. The Morgan fingerprint density at radius 2 is 2.00 bits per heavy atom. The van der Waals surface area contributed by atoms with Crippen molar-refractivity contribution in [2.45, 2.75) is 13.8 Å². The summed E-state index contributed by atoms with van der Waals surface area (Å²) in [6.45, 7) is 3.85. The smallest absolute Gasteiger partial charge is 0.230 e. The Morgan fingerprint density at radius 1 is 1.17 bits per heavy atom. The van der Waals surface area contributed by atoms with Crippen LogP contribution in [0.25, 0.3) is 10.9 Å². The van der Waals surface area contributed by atoms with Gasteiger partial charge in [-0.15, -0.1) is 0 Å². The first-order valence-electron chi connectivity index (χ1n) is 5.84. The molecule has 18 heavy (non-hydrogen) atoms. The number of nitrogens with one attached hydrogen (secondary N) is 1. The van der Waals surface area contributed by atoms with E-state index in [1.54, 1.807) is 18.3 Å². The molecular formula is C15H13NO2. The Balaban J connectivity index is 2.12. The zero-order valence-corrected chi connectivity index (χ0v) is 10.3. The summed E-state index contributed by atoms with van der Waals surface area (Å²) in [6, 6.07) is 9.50. The van der Waals surface area contributed by atoms with Gasteiger partial charge in [-0.25, -0.2) is 0 Å². The summed E-state index contributed by atoms with van der Waals surface area (Å²) in [7, 11) is 0. The Kier molecular flexibility index (Phi) is 2.33. The van der Waals surface area contributed by atoms with Gasteiger partial charge in [0, 0.05) is 17.1 Å². The molecular weight excluding hydrogens is 226 g/mol. The number of carbonyl (C=O) groups is 1. The van der Waals surface area contributed by atoms with Gasteiger partial charge in [-0.05, 0) is 37.6 Å². The van der Waals surface area contributed by atoms with E-state index in [0.717, 1.165) is 22.2 Å². The van der Waals surface area contributed by atoms with Gasteiger partial charge in [0.15, 0.2) is 5.76 Å². The maximum atomic E-state index is 12.3. The standard InChI is InChI=1S/C15H13NO2/c1-9-3-5-11-12(8-16-13(11)7-9)15(17)14-6-4-10(2)18-14/h3-8,16H,1-2H3. The molecule has 0 aliphatic heterocycles.